The summed E-state index contributed by atoms with van der Waals surface area (Å²) in [6, 6.07) is 9.07. The molecule has 0 bridgehead atoms. The summed E-state index contributed by atoms with van der Waals surface area (Å²) in [5.41, 5.74) is 0.905. The topological polar surface area (TPSA) is 46.6 Å². The van der Waals surface area contributed by atoms with E-state index in [1.54, 1.807) is 0 Å². The minimum absolute atomic E-state index is 0.117. The number of carbonyl (C=O) groups excluding carboxylic acids is 2. The van der Waals surface area contributed by atoms with Crippen molar-refractivity contribution in [2.45, 2.75) is 6.04 Å². The van der Waals surface area contributed by atoms with Crippen LogP contribution in [0.2, 0.25) is 0 Å². The number of carbonyl (C=O) groups is 2. The van der Waals surface area contributed by atoms with E-state index in [1.807, 2.05) is 30.3 Å². The number of nitrogens with zero attached hydrogens (tertiary/aromatic N) is 1. The number of halogens is 1. The molecule has 1 aliphatic rings. The van der Waals surface area contributed by atoms with Crippen molar-refractivity contribution in [1.29, 1.82) is 0 Å². The molecule has 1 unspecified atom stereocenters. The van der Waals surface area contributed by atoms with Gasteiger partial charge in [0.15, 0.2) is 0 Å². The Labute approximate surface area is 101 Å². The minimum Gasteiger partial charge on any atom is -0.446 e. The lowest BCUT2D eigenvalue weighted by Crippen LogP contribution is -2.34. The normalized spacial score (nSPS) is 19.7. The van der Waals surface area contributed by atoms with Crippen LogP contribution in [-0.2, 0) is 9.53 Å². The number of alkyl halides is 1. The summed E-state index contributed by atoms with van der Waals surface area (Å²) in [4.78, 5) is 24.2. The zero-order valence-electron chi connectivity index (χ0n) is 8.43. The Balaban J connectivity index is 2.28. The van der Waals surface area contributed by atoms with Gasteiger partial charge in [0.25, 0.3) is 0 Å². The Hall–Kier alpha value is -1.36. The van der Waals surface area contributed by atoms with Gasteiger partial charge in [-0.15, -0.1) is 0 Å². The van der Waals surface area contributed by atoms with Gasteiger partial charge >= 0.3 is 6.09 Å². The van der Waals surface area contributed by atoms with Gasteiger partial charge in [0.1, 0.15) is 12.6 Å². The van der Waals surface area contributed by atoms with Gasteiger partial charge < -0.3 is 4.74 Å². The molecule has 5 heteroatoms. The maximum atomic E-state index is 11.6. The zero-order valence-corrected chi connectivity index (χ0v) is 10.0. The second-order valence-corrected chi connectivity index (χ2v) is 3.96. The van der Waals surface area contributed by atoms with E-state index < -0.39 is 6.09 Å². The molecule has 4 nitrogen and oxygen atoms in total. The molecular formula is C11H10BrNO3. The van der Waals surface area contributed by atoms with Crippen molar-refractivity contribution in [3.63, 3.8) is 0 Å². The Morgan fingerprint density at radius 3 is 2.75 bits per heavy atom. The van der Waals surface area contributed by atoms with Gasteiger partial charge in [0.2, 0.25) is 5.91 Å². The molecule has 0 radical (unpaired) electrons. The molecule has 1 aromatic rings. The number of amides is 2. The van der Waals surface area contributed by atoms with E-state index in [4.69, 9.17) is 4.74 Å². The fourth-order valence-corrected chi connectivity index (χ4v) is 1.95. The Morgan fingerprint density at radius 1 is 1.44 bits per heavy atom. The summed E-state index contributed by atoms with van der Waals surface area (Å²) >= 11 is 3.05. The summed E-state index contributed by atoms with van der Waals surface area (Å²) in [5.74, 6) is -0.281. The number of hydrogen-bond donors (Lipinski definition) is 0. The van der Waals surface area contributed by atoms with E-state index in [0.29, 0.717) is 0 Å². The van der Waals surface area contributed by atoms with Crippen LogP contribution in [0.3, 0.4) is 0 Å². The van der Waals surface area contributed by atoms with Crippen molar-refractivity contribution in [3.05, 3.63) is 35.9 Å². The lowest BCUT2D eigenvalue weighted by Gasteiger charge is -2.18. The van der Waals surface area contributed by atoms with Crippen LogP contribution in [0.1, 0.15) is 11.6 Å². The molecule has 0 aliphatic carbocycles. The summed E-state index contributed by atoms with van der Waals surface area (Å²) in [6.45, 7) is 0.224. The predicted octanol–water partition coefficient (Wildman–Crippen LogP) is 2.10. The predicted molar refractivity (Wildman–Crippen MR) is 61.2 cm³/mol. The van der Waals surface area contributed by atoms with Gasteiger partial charge in [-0.2, -0.15) is 0 Å². The first-order valence-corrected chi connectivity index (χ1v) is 5.96. The van der Waals surface area contributed by atoms with Gasteiger partial charge in [-0.3, -0.25) is 4.79 Å². The van der Waals surface area contributed by atoms with Crippen LogP contribution in [0.15, 0.2) is 30.3 Å². The van der Waals surface area contributed by atoms with Crippen LogP contribution in [0.25, 0.3) is 0 Å². The Morgan fingerprint density at radius 2 is 2.12 bits per heavy atom. The molecule has 0 saturated carbocycles. The monoisotopic (exact) mass is 283 g/mol. The van der Waals surface area contributed by atoms with Gasteiger partial charge in [0.05, 0.1) is 5.33 Å². The van der Waals surface area contributed by atoms with Gasteiger partial charge in [-0.25, -0.2) is 9.69 Å². The minimum atomic E-state index is -0.571. The third-order valence-corrected chi connectivity index (χ3v) is 2.92. The van der Waals surface area contributed by atoms with Crippen LogP contribution < -0.4 is 0 Å². The second-order valence-electron chi connectivity index (χ2n) is 3.40. The highest BCUT2D eigenvalue weighted by Gasteiger charge is 2.38. The third-order valence-electron chi connectivity index (χ3n) is 2.44. The lowest BCUT2D eigenvalue weighted by molar-refractivity contribution is -0.126. The molecule has 1 fully saturated rings. The molecular weight excluding hydrogens is 274 g/mol. The maximum absolute atomic E-state index is 11.6. The highest BCUT2D eigenvalue weighted by Crippen LogP contribution is 2.27. The number of imide groups is 1. The molecule has 0 aromatic heterocycles. The molecule has 84 valence electrons. The van der Waals surface area contributed by atoms with E-state index in [0.717, 1.165) is 10.5 Å². The summed E-state index contributed by atoms with van der Waals surface area (Å²) in [7, 11) is 0. The first kappa shape index (κ1) is 11.1. The number of benzene rings is 1. The van der Waals surface area contributed by atoms with E-state index in [2.05, 4.69) is 15.9 Å². The van der Waals surface area contributed by atoms with Gasteiger partial charge in [-0.05, 0) is 5.56 Å². The maximum Gasteiger partial charge on any atom is 0.417 e. The fourth-order valence-electron chi connectivity index (χ4n) is 1.68. The molecule has 1 heterocycles. The third kappa shape index (κ3) is 1.95. The molecule has 2 amide bonds. The van der Waals surface area contributed by atoms with Crippen molar-refractivity contribution >= 4 is 27.9 Å². The number of cyclic esters (lactones) is 1. The van der Waals surface area contributed by atoms with E-state index in [-0.39, 0.29) is 23.9 Å². The first-order valence-electron chi connectivity index (χ1n) is 4.83. The number of rotatable bonds is 2. The van der Waals surface area contributed by atoms with Crippen molar-refractivity contribution in [1.82, 2.24) is 4.90 Å². The van der Waals surface area contributed by atoms with Gasteiger partial charge in [-0.1, -0.05) is 46.3 Å². The number of hydrogen-bond acceptors (Lipinski definition) is 3. The number of ether oxygens (including phenoxy) is 1. The molecule has 1 aromatic carbocycles. The average molecular weight is 284 g/mol. The average Bonchev–Trinajstić information content (AvgIpc) is 2.71. The summed E-state index contributed by atoms with van der Waals surface area (Å²) < 4.78 is 4.90. The first-order chi connectivity index (χ1) is 7.74. The van der Waals surface area contributed by atoms with Crippen LogP contribution >= 0.6 is 15.9 Å². The highest BCUT2D eigenvalue weighted by molar-refractivity contribution is 9.09. The van der Waals surface area contributed by atoms with Crippen LogP contribution in [0.4, 0.5) is 4.79 Å². The molecule has 1 aliphatic heterocycles. The van der Waals surface area contributed by atoms with Gasteiger partial charge in [0, 0.05) is 0 Å². The Bertz CT molecular complexity index is 407. The van der Waals surface area contributed by atoms with Crippen LogP contribution in [0.5, 0.6) is 0 Å². The van der Waals surface area contributed by atoms with Crippen molar-refractivity contribution in [2.24, 2.45) is 0 Å². The standard InChI is InChI=1S/C11H10BrNO3/c12-6-10(14)13-9(7-16-11(13)15)8-4-2-1-3-5-8/h1-5,9H,6-7H2. The largest absolute Gasteiger partial charge is 0.446 e. The van der Waals surface area contributed by atoms with E-state index >= 15 is 0 Å². The SMILES string of the molecule is O=C(CBr)N1C(=O)OCC1c1ccccc1. The zero-order chi connectivity index (χ0) is 11.5. The summed E-state index contributed by atoms with van der Waals surface area (Å²) in [5, 5.41) is 0.117. The van der Waals surface area contributed by atoms with Crippen molar-refractivity contribution < 1.29 is 14.3 Å². The quantitative estimate of drug-likeness (QED) is 0.781. The highest BCUT2D eigenvalue weighted by atomic mass is 79.9. The van der Waals surface area contributed by atoms with Crippen molar-refractivity contribution in [2.75, 3.05) is 11.9 Å². The van der Waals surface area contributed by atoms with E-state index in [1.165, 1.54) is 0 Å². The van der Waals surface area contributed by atoms with E-state index in [9.17, 15) is 9.59 Å². The fraction of sp³-hybridized carbons (Fsp3) is 0.273. The molecule has 0 spiro atoms. The molecule has 2 rings (SSSR count). The molecule has 1 saturated heterocycles. The Kier molecular flexibility index (Phi) is 3.24. The van der Waals surface area contributed by atoms with Crippen molar-refractivity contribution in [3.8, 4) is 0 Å². The smallest absolute Gasteiger partial charge is 0.417 e. The lowest BCUT2D eigenvalue weighted by atomic mass is 10.1. The second kappa shape index (κ2) is 4.65. The van der Waals surface area contributed by atoms with Crippen LogP contribution in [0, 0.1) is 0 Å². The summed E-state index contributed by atoms with van der Waals surface area (Å²) in [6.07, 6.45) is -0.571. The molecule has 0 N–H and O–H groups in total. The molecule has 1 atom stereocenters. The molecule has 16 heavy (non-hydrogen) atoms. The van der Waals surface area contributed by atoms with Crippen LogP contribution in [-0.4, -0.2) is 28.8 Å².